The van der Waals surface area contributed by atoms with Crippen molar-refractivity contribution in [2.24, 2.45) is 0 Å². The molecule has 0 amide bonds. The SMILES string of the molecule is O=[N+]([O-])c1ccccc1Sc1cccc(F)n1. The van der Waals surface area contributed by atoms with Crippen LogP contribution >= 0.6 is 11.8 Å². The Morgan fingerprint density at radius 1 is 1.18 bits per heavy atom. The van der Waals surface area contributed by atoms with Gasteiger partial charge < -0.3 is 0 Å². The Balaban J connectivity index is 2.33. The van der Waals surface area contributed by atoms with Gasteiger partial charge in [0.25, 0.3) is 5.69 Å². The molecule has 2 aromatic rings. The van der Waals surface area contributed by atoms with Crippen molar-refractivity contribution in [3.05, 3.63) is 58.5 Å². The van der Waals surface area contributed by atoms with E-state index in [0.29, 0.717) is 9.92 Å². The Morgan fingerprint density at radius 2 is 1.94 bits per heavy atom. The predicted molar refractivity (Wildman–Crippen MR) is 61.4 cm³/mol. The molecule has 0 N–H and O–H groups in total. The van der Waals surface area contributed by atoms with Crippen LogP contribution < -0.4 is 0 Å². The maximum atomic E-state index is 12.9. The van der Waals surface area contributed by atoms with Crippen molar-refractivity contribution in [2.45, 2.75) is 9.92 Å². The normalized spacial score (nSPS) is 10.2. The van der Waals surface area contributed by atoms with Crippen molar-refractivity contribution in [1.29, 1.82) is 0 Å². The fourth-order valence-electron chi connectivity index (χ4n) is 1.25. The van der Waals surface area contributed by atoms with Crippen molar-refractivity contribution < 1.29 is 9.31 Å². The lowest BCUT2D eigenvalue weighted by molar-refractivity contribution is -0.387. The van der Waals surface area contributed by atoms with Gasteiger partial charge in [0.2, 0.25) is 5.95 Å². The molecular weight excluding hydrogens is 243 g/mol. The van der Waals surface area contributed by atoms with Gasteiger partial charge in [0.15, 0.2) is 0 Å². The standard InChI is InChI=1S/C11H7FN2O2S/c12-10-6-3-7-11(13-10)17-9-5-2-1-4-8(9)14(15)16/h1-7H. The zero-order valence-electron chi connectivity index (χ0n) is 8.54. The van der Waals surface area contributed by atoms with Gasteiger partial charge in [-0.2, -0.15) is 4.39 Å². The molecule has 17 heavy (non-hydrogen) atoms. The number of rotatable bonds is 3. The van der Waals surface area contributed by atoms with E-state index in [0.717, 1.165) is 11.8 Å². The average molecular weight is 250 g/mol. The molecule has 4 nitrogen and oxygen atoms in total. The fourth-order valence-corrected chi connectivity index (χ4v) is 2.15. The number of benzene rings is 1. The molecule has 0 radical (unpaired) electrons. The Kier molecular flexibility index (Phi) is 3.34. The van der Waals surface area contributed by atoms with Gasteiger partial charge >= 0.3 is 0 Å². The summed E-state index contributed by atoms with van der Waals surface area (Å²) in [5, 5.41) is 11.2. The van der Waals surface area contributed by atoms with Crippen LogP contribution in [0.5, 0.6) is 0 Å². The quantitative estimate of drug-likeness (QED) is 0.476. The van der Waals surface area contributed by atoms with Crippen molar-refractivity contribution >= 4 is 17.4 Å². The number of nitro groups is 1. The van der Waals surface area contributed by atoms with Gasteiger partial charge in [0.05, 0.1) is 9.82 Å². The number of hydrogen-bond donors (Lipinski definition) is 0. The molecule has 0 unspecified atom stereocenters. The summed E-state index contributed by atoms with van der Waals surface area (Å²) in [6.07, 6.45) is 0. The summed E-state index contributed by atoms with van der Waals surface area (Å²) in [6, 6.07) is 10.6. The minimum Gasteiger partial charge on any atom is -0.258 e. The topological polar surface area (TPSA) is 56.0 Å². The van der Waals surface area contributed by atoms with Crippen LogP contribution in [0.4, 0.5) is 10.1 Å². The second-order valence-electron chi connectivity index (χ2n) is 3.13. The lowest BCUT2D eigenvalue weighted by Gasteiger charge is -2.01. The molecule has 1 heterocycles. The fraction of sp³-hybridized carbons (Fsp3) is 0. The minimum absolute atomic E-state index is 0.0106. The highest BCUT2D eigenvalue weighted by molar-refractivity contribution is 7.99. The van der Waals surface area contributed by atoms with Crippen LogP contribution in [-0.2, 0) is 0 Å². The third kappa shape index (κ3) is 2.79. The van der Waals surface area contributed by atoms with Crippen LogP contribution in [-0.4, -0.2) is 9.91 Å². The summed E-state index contributed by atoms with van der Waals surface area (Å²) in [5.74, 6) is -0.603. The molecule has 0 atom stereocenters. The Labute approximate surface area is 101 Å². The molecule has 1 aromatic carbocycles. The molecule has 0 aliphatic rings. The summed E-state index contributed by atoms with van der Waals surface area (Å²) >= 11 is 1.06. The zero-order valence-corrected chi connectivity index (χ0v) is 9.36. The highest BCUT2D eigenvalue weighted by Crippen LogP contribution is 2.33. The first kappa shape index (κ1) is 11.5. The number of nitro benzene ring substituents is 1. The van der Waals surface area contributed by atoms with Gasteiger partial charge in [0, 0.05) is 6.07 Å². The van der Waals surface area contributed by atoms with E-state index in [1.807, 2.05) is 0 Å². The monoisotopic (exact) mass is 250 g/mol. The van der Waals surface area contributed by atoms with E-state index in [1.165, 1.54) is 18.2 Å². The van der Waals surface area contributed by atoms with E-state index in [9.17, 15) is 14.5 Å². The number of para-hydroxylation sites is 1. The van der Waals surface area contributed by atoms with Gasteiger partial charge in [-0.3, -0.25) is 10.1 Å². The summed E-state index contributed by atoms with van der Waals surface area (Å²) in [4.78, 5) is 14.4. The van der Waals surface area contributed by atoms with Crippen LogP contribution in [0.15, 0.2) is 52.4 Å². The molecule has 0 spiro atoms. The van der Waals surface area contributed by atoms with Gasteiger partial charge in [0.1, 0.15) is 5.03 Å². The molecule has 86 valence electrons. The van der Waals surface area contributed by atoms with E-state index in [-0.39, 0.29) is 5.69 Å². The first-order valence-electron chi connectivity index (χ1n) is 4.70. The molecule has 0 saturated heterocycles. The van der Waals surface area contributed by atoms with E-state index in [1.54, 1.807) is 24.3 Å². The van der Waals surface area contributed by atoms with E-state index >= 15 is 0 Å². The van der Waals surface area contributed by atoms with Gasteiger partial charge in [-0.15, -0.1) is 0 Å². The molecule has 0 aliphatic heterocycles. The number of hydrogen-bond acceptors (Lipinski definition) is 4. The third-order valence-corrected chi connectivity index (χ3v) is 2.97. The Hall–Kier alpha value is -1.95. The number of halogens is 1. The molecule has 0 fully saturated rings. The second-order valence-corrected chi connectivity index (χ2v) is 4.19. The molecule has 0 bridgehead atoms. The molecular formula is C11H7FN2O2S. The van der Waals surface area contributed by atoms with E-state index in [4.69, 9.17) is 0 Å². The minimum atomic E-state index is -0.603. The van der Waals surface area contributed by atoms with Gasteiger partial charge in [-0.05, 0) is 18.2 Å². The number of nitrogens with zero attached hydrogens (tertiary/aromatic N) is 2. The molecule has 2 rings (SSSR count). The number of aromatic nitrogens is 1. The van der Waals surface area contributed by atoms with Crippen molar-refractivity contribution in [3.63, 3.8) is 0 Å². The summed E-state index contributed by atoms with van der Waals surface area (Å²) in [6.45, 7) is 0. The van der Waals surface area contributed by atoms with Crippen molar-refractivity contribution in [2.75, 3.05) is 0 Å². The average Bonchev–Trinajstić information content (AvgIpc) is 2.29. The van der Waals surface area contributed by atoms with Gasteiger partial charge in [-0.25, -0.2) is 4.98 Å². The Morgan fingerprint density at radius 3 is 2.65 bits per heavy atom. The first-order chi connectivity index (χ1) is 8.16. The maximum absolute atomic E-state index is 12.9. The van der Waals surface area contributed by atoms with E-state index in [2.05, 4.69) is 4.98 Å². The van der Waals surface area contributed by atoms with Crippen LogP contribution in [0, 0.1) is 16.1 Å². The Bertz CT molecular complexity index is 563. The lowest BCUT2D eigenvalue weighted by atomic mass is 10.3. The number of pyridine rings is 1. The molecule has 0 aliphatic carbocycles. The van der Waals surface area contributed by atoms with Gasteiger partial charge in [-0.1, -0.05) is 30.0 Å². The third-order valence-electron chi connectivity index (χ3n) is 1.97. The molecule has 6 heteroatoms. The summed E-state index contributed by atoms with van der Waals surface area (Å²) < 4.78 is 12.9. The predicted octanol–water partition coefficient (Wildman–Crippen LogP) is 3.28. The summed E-state index contributed by atoms with van der Waals surface area (Å²) in [7, 11) is 0. The van der Waals surface area contributed by atoms with Crippen molar-refractivity contribution in [3.8, 4) is 0 Å². The van der Waals surface area contributed by atoms with Crippen LogP contribution in [0.1, 0.15) is 0 Å². The largest absolute Gasteiger partial charge is 0.283 e. The van der Waals surface area contributed by atoms with Crippen molar-refractivity contribution in [1.82, 2.24) is 4.98 Å². The lowest BCUT2D eigenvalue weighted by Crippen LogP contribution is -1.91. The maximum Gasteiger partial charge on any atom is 0.283 e. The summed E-state index contributed by atoms with van der Waals surface area (Å²) in [5.41, 5.74) is -0.0106. The van der Waals surface area contributed by atoms with Crippen LogP contribution in [0.25, 0.3) is 0 Å². The van der Waals surface area contributed by atoms with E-state index < -0.39 is 10.9 Å². The first-order valence-corrected chi connectivity index (χ1v) is 5.52. The smallest absolute Gasteiger partial charge is 0.258 e. The molecule has 1 aromatic heterocycles. The second kappa shape index (κ2) is 4.92. The molecule has 0 saturated carbocycles. The highest BCUT2D eigenvalue weighted by atomic mass is 32.2. The zero-order chi connectivity index (χ0) is 12.3. The van der Waals surface area contributed by atoms with Crippen LogP contribution in [0.2, 0.25) is 0 Å². The highest BCUT2D eigenvalue weighted by Gasteiger charge is 2.13. The van der Waals surface area contributed by atoms with Crippen LogP contribution in [0.3, 0.4) is 0 Å².